The maximum Gasteiger partial charge on any atom is 0.235 e. The van der Waals surface area contributed by atoms with Crippen molar-refractivity contribution in [2.75, 3.05) is 13.2 Å². The number of ether oxygens (including phenoxy) is 1. The number of hydrogen-bond donors (Lipinski definition) is 2. The minimum atomic E-state index is -1.11. The van der Waals surface area contributed by atoms with Crippen molar-refractivity contribution >= 4 is 11.8 Å². The van der Waals surface area contributed by atoms with Crippen LogP contribution in [-0.4, -0.2) is 31.1 Å². The van der Waals surface area contributed by atoms with E-state index in [1.165, 1.54) is 5.56 Å². The molecule has 1 atom stereocenters. The molecule has 1 fully saturated rings. The zero-order chi connectivity index (χ0) is 16.9. The summed E-state index contributed by atoms with van der Waals surface area (Å²) in [5.74, 6) is -0.544. The lowest BCUT2D eigenvalue weighted by molar-refractivity contribution is -0.141. The van der Waals surface area contributed by atoms with Crippen LogP contribution in [0.2, 0.25) is 0 Å². The Labute approximate surface area is 137 Å². The number of amides is 2. The lowest BCUT2D eigenvalue weighted by atomic mass is 9.91. The molecule has 5 heteroatoms. The normalized spacial score (nSPS) is 17.8. The van der Waals surface area contributed by atoms with Crippen LogP contribution in [0, 0.1) is 12.3 Å². The third-order valence-corrected chi connectivity index (χ3v) is 4.22. The van der Waals surface area contributed by atoms with E-state index < -0.39 is 5.41 Å². The van der Waals surface area contributed by atoms with E-state index in [1.54, 1.807) is 13.8 Å². The molecule has 126 valence electrons. The van der Waals surface area contributed by atoms with Gasteiger partial charge in [-0.3, -0.25) is 9.59 Å². The molecule has 0 saturated carbocycles. The molecule has 1 saturated heterocycles. The Morgan fingerprint density at radius 3 is 2.43 bits per heavy atom. The first kappa shape index (κ1) is 17.5. The zero-order valence-corrected chi connectivity index (χ0v) is 14.1. The predicted octanol–water partition coefficient (Wildman–Crippen LogP) is 1.93. The van der Waals surface area contributed by atoms with Crippen molar-refractivity contribution in [1.82, 2.24) is 10.6 Å². The Hall–Kier alpha value is -1.88. The molecule has 23 heavy (non-hydrogen) atoms. The summed E-state index contributed by atoms with van der Waals surface area (Å²) in [4.78, 5) is 24.6. The summed E-state index contributed by atoms with van der Waals surface area (Å²) < 4.78 is 5.48. The fourth-order valence-corrected chi connectivity index (χ4v) is 2.45. The van der Waals surface area contributed by atoms with Gasteiger partial charge in [0, 0.05) is 19.7 Å². The molecule has 0 aliphatic carbocycles. The Bertz CT molecular complexity index is 546. The summed E-state index contributed by atoms with van der Waals surface area (Å²) in [6.07, 6.45) is 2.06. The van der Waals surface area contributed by atoms with Crippen LogP contribution in [0.4, 0.5) is 0 Å². The van der Waals surface area contributed by atoms with Gasteiger partial charge >= 0.3 is 0 Å². The molecule has 1 heterocycles. The van der Waals surface area contributed by atoms with E-state index in [0.717, 1.165) is 25.0 Å². The molecular formula is C18H26N2O3. The minimum Gasteiger partial charge on any atom is -0.376 e. The molecule has 0 bridgehead atoms. The second-order valence-electron chi connectivity index (χ2n) is 6.64. The third kappa shape index (κ3) is 4.79. The fourth-order valence-electron chi connectivity index (χ4n) is 2.45. The highest BCUT2D eigenvalue weighted by Crippen LogP contribution is 2.17. The maximum atomic E-state index is 12.3. The van der Waals surface area contributed by atoms with Gasteiger partial charge in [0.1, 0.15) is 5.41 Å². The molecule has 0 aromatic heterocycles. The summed E-state index contributed by atoms with van der Waals surface area (Å²) in [7, 11) is 0. The number of carbonyl (C=O) groups excluding carboxylic acids is 2. The van der Waals surface area contributed by atoms with Gasteiger partial charge in [-0.15, -0.1) is 0 Å². The van der Waals surface area contributed by atoms with Gasteiger partial charge in [0.15, 0.2) is 0 Å². The standard InChI is InChI=1S/C18H26N2O3/c1-13-6-8-14(9-7-13)11-19-16(21)18(2,3)17(22)20-12-15-5-4-10-23-15/h6-9,15H,4-5,10-12H2,1-3H3,(H,19,21)(H,20,22). The van der Waals surface area contributed by atoms with E-state index in [-0.39, 0.29) is 17.9 Å². The first-order valence-corrected chi connectivity index (χ1v) is 8.13. The zero-order valence-electron chi connectivity index (χ0n) is 14.1. The van der Waals surface area contributed by atoms with Crippen molar-refractivity contribution in [2.24, 2.45) is 5.41 Å². The van der Waals surface area contributed by atoms with Crippen LogP contribution in [0.15, 0.2) is 24.3 Å². The first-order valence-electron chi connectivity index (χ1n) is 8.13. The van der Waals surface area contributed by atoms with Crippen LogP contribution in [0.25, 0.3) is 0 Å². The second kappa shape index (κ2) is 7.59. The predicted molar refractivity (Wildman–Crippen MR) is 88.8 cm³/mol. The van der Waals surface area contributed by atoms with Crippen molar-refractivity contribution in [3.8, 4) is 0 Å². The fraction of sp³-hybridized carbons (Fsp3) is 0.556. The topological polar surface area (TPSA) is 67.4 Å². The van der Waals surface area contributed by atoms with Crippen LogP contribution >= 0.6 is 0 Å². The molecule has 1 unspecified atom stereocenters. The molecule has 0 spiro atoms. The van der Waals surface area contributed by atoms with E-state index in [0.29, 0.717) is 13.1 Å². The quantitative estimate of drug-likeness (QED) is 0.788. The van der Waals surface area contributed by atoms with E-state index in [9.17, 15) is 9.59 Å². The summed E-state index contributed by atoms with van der Waals surface area (Å²) in [6.45, 7) is 6.94. The Morgan fingerprint density at radius 1 is 1.17 bits per heavy atom. The molecule has 2 rings (SSSR count). The number of benzene rings is 1. The van der Waals surface area contributed by atoms with Gasteiger partial charge in [-0.05, 0) is 39.2 Å². The summed E-state index contributed by atoms with van der Waals surface area (Å²) in [5, 5.41) is 5.66. The van der Waals surface area contributed by atoms with Crippen molar-refractivity contribution in [1.29, 1.82) is 0 Å². The minimum absolute atomic E-state index is 0.0744. The van der Waals surface area contributed by atoms with Crippen molar-refractivity contribution in [3.63, 3.8) is 0 Å². The molecule has 2 amide bonds. The number of aryl methyl sites for hydroxylation is 1. The van der Waals surface area contributed by atoms with Gasteiger partial charge in [-0.25, -0.2) is 0 Å². The monoisotopic (exact) mass is 318 g/mol. The lowest BCUT2D eigenvalue weighted by Gasteiger charge is -2.23. The summed E-state index contributed by atoms with van der Waals surface area (Å²) >= 11 is 0. The van der Waals surface area contributed by atoms with Gasteiger partial charge in [0.05, 0.1) is 6.10 Å². The first-order chi connectivity index (χ1) is 10.9. The second-order valence-corrected chi connectivity index (χ2v) is 6.64. The highest BCUT2D eigenvalue weighted by molar-refractivity contribution is 6.04. The van der Waals surface area contributed by atoms with Gasteiger partial charge in [-0.1, -0.05) is 29.8 Å². The van der Waals surface area contributed by atoms with Crippen molar-refractivity contribution in [2.45, 2.75) is 46.3 Å². The van der Waals surface area contributed by atoms with Gasteiger partial charge in [-0.2, -0.15) is 0 Å². The average Bonchev–Trinajstić information content (AvgIpc) is 3.05. The van der Waals surface area contributed by atoms with Crippen molar-refractivity contribution in [3.05, 3.63) is 35.4 Å². The van der Waals surface area contributed by atoms with E-state index in [2.05, 4.69) is 10.6 Å². The summed E-state index contributed by atoms with van der Waals surface area (Å²) in [6, 6.07) is 7.95. The van der Waals surface area contributed by atoms with Crippen molar-refractivity contribution < 1.29 is 14.3 Å². The average molecular weight is 318 g/mol. The Balaban J connectivity index is 1.82. The number of carbonyl (C=O) groups is 2. The van der Waals surface area contributed by atoms with Crippen LogP contribution < -0.4 is 10.6 Å². The highest BCUT2D eigenvalue weighted by Gasteiger charge is 2.36. The molecule has 1 aliphatic rings. The Morgan fingerprint density at radius 2 is 1.83 bits per heavy atom. The SMILES string of the molecule is Cc1ccc(CNC(=O)C(C)(C)C(=O)NCC2CCCO2)cc1. The smallest absolute Gasteiger partial charge is 0.235 e. The Kier molecular flexibility index (Phi) is 5.77. The van der Waals surface area contributed by atoms with Crippen LogP contribution in [0.5, 0.6) is 0 Å². The van der Waals surface area contributed by atoms with E-state index >= 15 is 0 Å². The van der Waals surface area contributed by atoms with E-state index in [4.69, 9.17) is 4.74 Å². The van der Waals surface area contributed by atoms with Crippen LogP contribution in [0.1, 0.15) is 37.8 Å². The number of rotatable bonds is 6. The number of hydrogen-bond acceptors (Lipinski definition) is 3. The van der Waals surface area contributed by atoms with E-state index in [1.807, 2.05) is 31.2 Å². The molecular weight excluding hydrogens is 292 g/mol. The van der Waals surface area contributed by atoms with Crippen LogP contribution in [-0.2, 0) is 20.9 Å². The number of nitrogens with one attached hydrogen (secondary N) is 2. The maximum absolute atomic E-state index is 12.3. The molecule has 1 aliphatic heterocycles. The summed E-state index contributed by atoms with van der Waals surface area (Å²) in [5.41, 5.74) is 1.08. The van der Waals surface area contributed by atoms with Gasteiger partial charge in [0.2, 0.25) is 11.8 Å². The molecule has 0 radical (unpaired) electrons. The molecule has 1 aromatic rings. The highest BCUT2D eigenvalue weighted by atomic mass is 16.5. The largest absolute Gasteiger partial charge is 0.376 e. The molecule has 2 N–H and O–H groups in total. The van der Waals surface area contributed by atoms with Gasteiger partial charge < -0.3 is 15.4 Å². The lowest BCUT2D eigenvalue weighted by Crippen LogP contribution is -2.49. The molecule has 5 nitrogen and oxygen atoms in total. The van der Waals surface area contributed by atoms with Crippen LogP contribution in [0.3, 0.4) is 0 Å². The molecule has 1 aromatic carbocycles. The third-order valence-electron chi connectivity index (χ3n) is 4.22. The van der Waals surface area contributed by atoms with Gasteiger partial charge in [0.25, 0.3) is 0 Å².